The minimum Gasteiger partial charge on any atom is -0.563 e. The molecule has 1 rings (SSSR count). The molecular weight excluding hydrogens is 164 g/mol. The first-order valence-electron chi connectivity index (χ1n) is 3.64. The molecule has 5 nitrogen and oxygen atoms in total. The Morgan fingerprint density at radius 3 is 2.67 bits per heavy atom. The zero-order valence-electron chi connectivity index (χ0n) is 6.70. The van der Waals surface area contributed by atoms with Gasteiger partial charge in [-0.2, -0.15) is 0 Å². The average Bonchev–Trinajstić information content (AvgIpc) is 2.34. The van der Waals surface area contributed by atoms with E-state index in [1.165, 1.54) is 6.92 Å². The molecule has 12 heavy (non-hydrogen) atoms. The summed E-state index contributed by atoms with van der Waals surface area (Å²) in [5, 5.41) is 6.74. The molecule has 0 saturated carbocycles. The Bertz CT molecular complexity index is 200. The van der Waals surface area contributed by atoms with Crippen LogP contribution >= 0.6 is 0 Å². The van der Waals surface area contributed by atoms with E-state index >= 15 is 0 Å². The van der Waals surface area contributed by atoms with Crippen LogP contribution in [0.25, 0.3) is 0 Å². The molecule has 0 aromatic carbocycles. The molecular formula is C7H11O5+. The Labute approximate surface area is 69.3 Å². The third kappa shape index (κ3) is 2.20. The second-order valence-electron chi connectivity index (χ2n) is 2.65. The van der Waals surface area contributed by atoms with Gasteiger partial charge in [-0.3, -0.25) is 4.79 Å². The molecule has 68 valence electrons. The number of carbonyl (C=O) groups is 2. The maximum Gasteiger partial charge on any atom is 0.545 e. The summed E-state index contributed by atoms with van der Waals surface area (Å²) in [5.74, 6) is -1.15. The molecule has 2 N–H and O–H groups in total. The van der Waals surface area contributed by atoms with Gasteiger partial charge in [0.2, 0.25) is 6.10 Å². The first-order chi connectivity index (χ1) is 5.59. The van der Waals surface area contributed by atoms with E-state index in [2.05, 4.69) is 0 Å². The first-order valence-corrected chi connectivity index (χ1v) is 3.64. The molecule has 0 radical (unpaired) electrons. The minimum atomic E-state index is -0.760. The summed E-state index contributed by atoms with van der Waals surface area (Å²) in [6.45, 7) is 1.52. The van der Waals surface area contributed by atoms with Crippen LogP contribution in [-0.2, 0) is 19.1 Å². The predicted octanol–water partition coefficient (Wildman–Crippen LogP) is -1.04. The van der Waals surface area contributed by atoms with E-state index < -0.39 is 12.1 Å². The lowest BCUT2D eigenvalue weighted by atomic mass is 10.2. The van der Waals surface area contributed by atoms with Crippen molar-refractivity contribution >= 4 is 11.9 Å². The minimum absolute atomic E-state index is 0.217. The summed E-state index contributed by atoms with van der Waals surface area (Å²) >= 11 is 0. The normalized spacial score (nSPS) is 28.4. The molecule has 1 aliphatic rings. The van der Waals surface area contributed by atoms with Crippen molar-refractivity contribution in [2.24, 2.45) is 0 Å². The van der Waals surface area contributed by atoms with Crippen LogP contribution < -0.4 is 0 Å². The number of hydrogen-bond acceptors (Lipinski definition) is 4. The molecule has 0 spiro atoms. The molecule has 1 fully saturated rings. The number of hydrogen-bond donors (Lipinski definition) is 0. The van der Waals surface area contributed by atoms with Gasteiger partial charge in [-0.25, -0.2) is 0 Å². The maximum atomic E-state index is 10.5. The molecule has 0 aromatic heterocycles. The Hall–Kier alpha value is -1.10. The van der Waals surface area contributed by atoms with Gasteiger partial charge in [-0.05, 0) is 0 Å². The van der Waals surface area contributed by atoms with Gasteiger partial charge in [-0.15, -0.1) is 0 Å². The van der Waals surface area contributed by atoms with E-state index in [0.717, 1.165) is 0 Å². The summed E-state index contributed by atoms with van der Waals surface area (Å²) in [4.78, 5) is 20.9. The van der Waals surface area contributed by atoms with Gasteiger partial charge in [0.05, 0.1) is 6.61 Å². The van der Waals surface area contributed by atoms with Gasteiger partial charge >= 0.3 is 11.9 Å². The van der Waals surface area contributed by atoms with Crippen LogP contribution in [0, 0.1) is 0 Å². The molecule has 0 amide bonds. The Morgan fingerprint density at radius 1 is 1.58 bits per heavy atom. The zero-order valence-corrected chi connectivity index (χ0v) is 6.70. The molecule has 5 heteroatoms. The predicted molar refractivity (Wildman–Crippen MR) is 38.5 cm³/mol. The quantitative estimate of drug-likeness (QED) is 0.396. The van der Waals surface area contributed by atoms with E-state index in [1.807, 2.05) is 0 Å². The van der Waals surface area contributed by atoms with Crippen molar-refractivity contribution in [1.29, 1.82) is 0 Å². The molecule has 2 unspecified atom stereocenters. The van der Waals surface area contributed by atoms with Crippen LogP contribution in [0.15, 0.2) is 0 Å². The monoisotopic (exact) mass is 175 g/mol. The van der Waals surface area contributed by atoms with Gasteiger partial charge in [0.25, 0.3) is 0 Å². The second kappa shape index (κ2) is 3.53. The second-order valence-corrected chi connectivity index (χ2v) is 2.65. The summed E-state index contributed by atoms with van der Waals surface area (Å²) in [6.07, 6.45) is -0.766. The number of carbonyl (C=O) groups excluding carboxylic acids is 2. The maximum absolute atomic E-state index is 10.5. The molecule has 1 aliphatic heterocycles. The van der Waals surface area contributed by atoms with Crippen LogP contribution in [0.2, 0.25) is 0 Å². The summed E-state index contributed by atoms with van der Waals surface area (Å²) in [5.41, 5.74) is 0. The van der Waals surface area contributed by atoms with Crippen molar-refractivity contribution in [1.82, 2.24) is 0 Å². The van der Waals surface area contributed by atoms with Crippen molar-refractivity contribution in [3.8, 4) is 0 Å². The van der Waals surface area contributed by atoms with Crippen molar-refractivity contribution in [3.63, 3.8) is 0 Å². The lowest BCUT2D eigenvalue weighted by Gasteiger charge is -2.05. The van der Waals surface area contributed by atoms with E-state index in [9.17, 15) is 9.59 Å². The number of rotatable bonds is 2. The first kappa shape index (κ1) is 8.99. The van der Waals surface area contributed by atoms with E-state index in [-0.39, 0.29) is 18.7 Å². The fraction of sp³-hybridized carbons (Fsp3) is 0.714. The molecule has 1 saturated heterocycles. The average molecular weight is 175 g/mol. The number of ether oxygens (including phenoxy) is 2. The van der Waals surface area contributed by atoms with Crippen LogP contribution in [-0.4, -0.2) is 35.9 Å². The topological polar surface area (TPSA) is 75.5 Å². The Kier molecular flexibility index (Phi) is 2.65. The van der Waals surface area contributed by atoms with E-state index in [1.54, 1.807) is 0 Å². The smallest absolute Gasteiger partial charge is 0.545 e. The molecule has 0 aromatic rings. The van der Waals surface area contributed by atoms with Crippen LogP contribution in [0.1, 0.15) is 13.3 Å². The standard InChI is InChI=1S/C7H10O5/c1-4(8)12-5-2-6(7(9)10)11-3-5/h5-6H,2-3H2,1H3,(H,9,10)/p+1. The molecule has 0 bridgehead atoms. The highest BCUT2D eigenvalue weighted by molar-refractivity contribution is 5.73. The summed E-state index contributed by atoms with van der Waals surface area (Å²) < 4.78 is 9.71. The Morgan fingerprint density at radius 2 is 2.25 bits per heavy atom. The van der Waals surface area contributed by atoms with Crippen molar-refractivity contribution in [2.75, 3.05) is 6.61 Å². The van der Waals surface area contributed by atoms with Gasteiger partial charge in [0, 0.05) is 18.1 Å². The SMILES string of the molecule is CC(=O)OC1COC(C(=O)[OH2+])C1. The molecule has 0 aliphatic carbocycles. The van der Waals surface area contributed by atoms with Crippen molar-refractivity contribution < 1.29 is 24.2 Å². The third-order valence-corrected chi connectivity index (χ3v) is 1.59. The highest BCUT2D eigenvalue weighted by Crippen LogP contribution is 2.16. The third-order valence-electron chi connectivity index (χ3n) is 1.59. The van der Waals surface area contributed by atoms with Crippen molar-refractivity contribution in [2.45, 2.75) is 25.6 Å². The van der Waals surface area contributed by atoms with E-state index in [0.29, 0.717) is 6.42 Å². The molecule has 2 atom stereocenters. The lowest BCUT2D eigenvalue weighted by molar-refractivity contribution is -0.147. The van der Waals surface area contributed by atoms with Gasteiger partial charge < -0.3 is 14.6 Å². The summed E-state index contributed by atoms with van der Waals surface area (Å²) in [7, 11) is 0. The van der Waals surface area contributed by atoms with Crippen LogP contribution in [0.3, 0.4) is 0 Å². The van der Waals surface area contributed by atoms with E-state index in [4.69, 9.17) is 14.6 Å². The fourth-order valence-electron chi connectivity index (χ4n) is 1.10. The summed E-state index contributed by atoms with van der Waals surface area (Å²) in [6, 6.07) is 0. The highest BCUT2D eigenvalue weighted by atomic mass is 16.6. The van der Waals surface area contributed by atoms with Crippen LogP contribution in [0.4, 0.5) is 0 Å². The van der Waals surface area contributed by atoms with Crippen molar-refractivity contribution in [3.05, 3.63) is 0 Å². The largest absolute Gasteiger partial charge is 0.563 e. The highest BCUT2D eigenvalue weighted by Gasteiger charge is 2.37. The van der Waals surface area contributed by atoms with Crippen LogP contribution in [0.5, 0.6) is 0 Å². The van der Waals surface area contributed by atoms with Gasteiger partial charge in [0.1, 0.15) is 6.10 Å². The Balaban J connectivity index is 2.35. The lowest BCUT2D eigenvalue weighted by Crippen LogP contribution is -2.20. The van der Waals surface area contributed by atoms with Gasteiger partial charge in [0.15, 0.2) is 0 Å². The van der Waals surface area contributed by atoms with Gasteiger partial charge in [-0.1, -0.05) is 0 Å². The molecule has 1 heterocycles. The number of esters is 1. The zero-order chi connectivity index (χ0) is 9.14. The fourth-order valence-corrected chi connectivity index (χ4v) is 1.10.